The van der Waals surface area contributed by atoms with E-state index >= 15 is 0 Å². The molecule has 0 radical (unpaired) electrons. The van der Waals surface area contributed by atoms with Crippen LogP contribution in [0, 0.1) is 5.82 Å². The van der Waals surface area contributed by atoms with Crippen LogP contribution in [0.5, 0.6) is 0 Å². The van der Waals surface area contributed by atoms with Crippen molar-refractivity contribution < 1.29 is 14.0 Å². The third kappa shape index (κ3) is 3.53. The molecule has 2 unspecified atom stereocenters. The molecule has 2 rings (SSSR count). The predicted octanol–water partition coefficient (Wildman–Crippen LogP) is 0.919. The van der Waals surface area contributed by atoms with E-state index in [1.807, 2.05) is 0 Å². The minimum Gasteiger partial charge on any atom is -0.351 e. The molecular formula is C13H15ClFN3O2. The molecule has 5 nitrogen and oxygen atoms in total. The lowest BCUT2D eigenvalue weighted by Gasteiger charge is -2.11. The Morgan fingerprint density at radius 2 is 2.10 bits per heavy atom. The van der Waals surface area contributed by atoms with Crippen molar-refractivity contribution in [1.29, 1.82) is 0 Å². The number of hydrogen-bond acceptors (Lipinski definition) is 4. The highest BCUT2D eigenvalue weighted by atomic mass is 35.5. The SMILES string of the molecule is CC(=O)C1CC(C(=O)NCc2ccc(F)cc2Cl)NN1. The van der Waals surface area contributed by atoms with Crippen molar-refractivity contribution in [3.8, 4) is 0 Å². The normalized spacial score (nSPS) is 21.8. The molecule has 7 heteroatoms. The van der Waals surface area contributed by atoms with Crippen molar-refractivity contribution >= 4 is 23.3 Å². The monoisotopic (exact) mass is 299 g/mol. The molecule has 3 N–H and O–H groups in total. The van der Waals surface area contributed by atoms with Gasteiger partial charge in [-0.15, -0.1) is 0 Å². The molecular weight excluding hydrogens is 285 g/mol. The van der Waals surface area contributed by atoms with Crippen LogP contribution >= 0.6 is 11.6 Å². The first-order valence-corrected chi connectivity index (χ1v) is 6.58. The highest BCUT2D eigenvalue weighted by Gasteiger charge is 2.31. The van der Waals surface area contributed by atoms with E-state index in [0.29, 0.717) is 12.0 Å². The zero-order chi connectivity index (χ0) is 14.7. The van der Waals surface area contributed by atoms with E-state index in [1.54, 1.807) is 0 Å². The highest BCUT2D eigenvalue weighted by molar-refractivity contribution is 6.31. The van der Waals surface area contributed by atoms with Gasteiger partial charge < -0.3 is 5.32 Å². The van der Waals surface area contributed by atoms with Gasteiger partial charge in [0.15, 0.2) is 0 Å². The number of benzene rings is 1. The van der Waals surface area contributed by atoms with Gasteiger partial charge in [-0.2, -0.15) is 0 Å². The number of halogens is 2. The van der Waals surface area contributed by atoms with Crippen molar-refractivity contribution in [2.24, 2.45) is 0 Å². The van der Waals surface area contributed by atoms with Crippen LogP contribution in [0.25, 0.3) is 0 Å². The van der Waals surface area contributed by atoms with E-state index in [2.05, 4.69) is 16.2 Å². The van der Waals surface area contributed by atoms with Gasteiger partial charge in [0.05, 0.1) is 6.04 Å². The average Bonchev–Trinajstić information content (AvgIpc) is 2.87. The Bertz CT molecular complexity index is 538. The second-order valence-electron chi connectivity index (χ2n) is 4.69. The maximum Gasteiger partial charge on any atom is 0.238 e. The third-order valence-electron chi connectivity index (χ3n) is 3.18. The molecule has 108 valence electrons. The number of carbonyl (C=O) groups excluding carboxylic acids is 2. The fourth-order valence-electron chi connectivity index (χ4n) is 1.97. The zero-order valence-corrected chi connectivity index (χ0v) is 11.6. The Kier molecular flexibility index (Phi) is 4.69. The Morgan fingerprint density at radius 1 is 1.40 bits per heavy atom. The van der Waals surface area contributed by atoms with Gasteiger partial charge in [-0.25, -0.2) is 15.2 Å². The minimum absolute atomic E-state index is 0.0191. The Morgan fingerprint density at radius 3 is 2.70 bits per heavy atom. The quantitative estimate of drug-likeness (QED) is 0.773. The van der Waals surface area contributed by atoms with Crippen molar-refractivity contribution in [2.75, 3.05) is 0 Å². The van der Waals surface area contributed by atoms with E-state index in [1.165, 1.54) is 25.1 Å². The molecule has 1 fully saturated rings. The summed E-state index contributed by atoms with van der Waals surface area (Å²) in [5.74, 6) is -0.674. The van der Waals surface area contributed by atoms with Gasteiger partial charge in [-0.1, -0.05) is 17.7 Å². The molecule has 20 heavy (non-hydrogen) atoms. The van der Waals surface area contributed by atoms with Crippen molar-refractivity contribution in [1.82, 2.24) is 16.2 Å². The van der Waals surface area contributed by atoms with Crippen LogP contribution in [-0.2, 0) is 16.1 Å². The summed E-state index contributed by atoms with van der Waals surface area (Å²) in [7, 11) is 0. The van der Waals surface area contributed by atoms with E-state index in [4.69, 9.17) is 11.6 Å². The molecule has 1 heterocycles. The Balaban J connectivity index is 1.88. The number of hydrogen-bond donors (Lipinski definition) is 3. The lowest BCUT2D eigenvalue weighted by molar-refractivity contribution is -0.123. The van der Waals surface area contributed by atoms with Crippen LogP contribution in [0.15, 0.2) is 18.2 Å². The first-order valence-electron chi connectivity index (χ1n) is 6.20. The summed E-state index contributed by atoms with van der Waals surface area (Å²) in [6.45, 7) is 1.68. The maximum atomic E-state index is 12.9. The molecule has 1 aliphatic heterocycles. The molecule has 0 spiro atoms. The topological polar surface area (TPSA) is 70.2 Å². The van der Waals surface area contributed by atoms with E-state index < -0.39 is 11.9 Å². The summed E-state index contributed by atoms with van der Waals surface area (Å²) in [6.07, 6.45) is 0.401. The van der Waals surface area contributed by atoms with Crippen LogP contribution in [0.2, 0.25) is 5.02 Å². The number of amides is 1. The van der Waals surface area contributed by atoms with Gasteiger partial charge >= 0.3 is 0 Å². The van der Waals surface area contributed by atoms with Crippen LogP contribution in [-0.4, -0.2) is 23.8 Å². The molecule has 1 aromatic rings. The lowest BCUT2D eigenvalue weighted by Crippen LogP contribution is -2.43. The third-order valence-corrected chi connectivity index (χ3v) is 3.53. The average molecular weight is 300 g/mol. The smallest absolute Gasteiger partial charge is 0.238 e. The van der Waals surface area contributed by atoms with Gasteiger partial charge in [-0.3, -0.25) is 9.59 Å². The molecule has 1 saturated heterocycles. The summed E-state index contributed by atoms with van der Waals surface area (Å²) in [5, 5.41) is 2.97. The number of Topliss-reactive ketones (excluding diaryl/α,β-unsaturated/α-hetero) is 1. The largest absolute Gasteiger partial charge is 0.351 e. The minimum atomic E-state index is -0.469. The van der Waals surface area contributed by atoms with Gasteiger partial charge in [0.2, 0.25) is 5.91 Å². The van der Waals surface area contributed by atoms with Crippen molar-refractivity contribution in [3.63, 3.8) is 0 Å². The molecule has 2 atom stereocenters. The van der Waals surface area contributed by atoms with Crippen LogP contribution in [0.4, 0.5) is 4.39 Å². The summed E-state index contributed by atoms with van der Waals surface area (Å²) < 4.78 is 12.9. The second-order valence-corrected chi connectivity index (χ2v) is 5.10. The molecule has 1 aliphatic rings. The van der Waals surface area contributed by atoms with Gasteiger partial charge in [0.1, 0.15) is 17.6 Å². The van der Waals surface area contributed by atoms with Crippen molar-refractivity contribution in [2.45, 2.75) is 32.0 Å². The molecule has 0 bridgehead atoms. The summed E-state index contributed by atoms with van der Waals surface area (Å²) >= 11 is 5.87. The second kappa shape index (κ2) is 6.30. The molecule has 1 amide bonds. The van der Waals surface area contributed by atoms with Crippen LogP contribution in [0.3, 0.4) is 0 Å². The van der Waals surface area contributed by atoms with Gasteiger partial charge in [0, 0.05) is 11.6 Å². The Labute approximate surface area is 120 Å². The standard InChI is InChI=1S/C13H15ClFN3O2/c1-7(19)11-5-12(18-17-11)13(20)16-6-8-2-3-9(15)4-10(8)14/h2-4,11-12,17-18H,5-6H2,1H3,(H,16,20). The number of carbonyl (C=O) groups is 2. The van der Waals surface area contributed by atoms with Gasteiger partial charge in [0.25, 0.3) is 0 Å². The molecule has 1 aromatic carbocycles. The number of ketones is 1. The van der Waals surface area contributed by atoms with E-state index in [0.717, 1.165) is 0 Å². The molecule has 0 aromatic heterocycles. The summed E-state index contributed by atoms with van der Waals surface area (Å²) in [5.41, 5.74) is 6.17. The molecule has 0 saturated carbocycles. The van der Waals surface area contributed by atoms with Crippen LogP contribution < -0.4 is 16.2 Å². The first kappa shape index (κ1) is 14.9. The van der Waals surface area contributed by atoms with Crippen LogP contribution in [0.1, 0.15) is 18.9 Å². The fourth-order valence-corrected chi connectivity index (χ4v) is 2.20. The number of rotatable bonds is 4. The molecule has 0 aliphatic carbocycles. The fraction of sp³-hybridized carbons (Fsp3) is 0.385. The summed E-state index contributed by atoms with van der Waals surface area (Å²) in [4.78, 5) is 23.1. The number of hydrazine groups is 1. The van der Waals surface area contributed by atoms with Crippen molar-refractivity contribution in [3.05, 3.63) is 34.6 Å². The summed E-state index contributed by atoms with van der Waals surface area (Å²) in [6, 6.07) is 3.19. The zero-order valence-electron chi connectivity index (χ0n) is 10.9. The van der Waals surface area contributed by atoms with Gasteiger partial charge in [-0.05, 0) is 31.0 Å². The maximum absolute atomic E-state index is 12.9. The van der Waals surface area contributed by atoms with E-state index in [9.17, 15) is 14.0 Å². The number of nitrogens with one attached hydrogen (secondary N) is 3. The lowest BCUT2D eigenvalue weighted by atomic mass is 10.1. The first-order chi connectivity index (χ1) is 9.47. The Hall–Kier alpha value is -1.50. The van der Waals surface area contributed by atoms with E-state index in [-0.39, 0.29) is 29.3 Å². The highest BCUT2D eigenvalue weighted by Crippen LogP contribution is 2.17. The predicted molar refractivity (Wildman–Crippen MR) is 72.4 cm³/mol.